The third-order valence-electron chi connectivity index (χ3n) is 4.33. The lowest BCUT2D eigenvalue weighted by molar-refractivity contribution is -0.132. The highest BCUT2D eigenvalue weighted by atomic mass is 19.1. The van der Waals surface area contributed by atoms with Gasteiger partial charge in [0.15, 0.2) is 0 Å². The third-order valence-corrected chi connectivity index (χ3v) is 4.33. The Hall–Kier alpha value is -4.52. The molecule has 0 heterocycles. The Bertz CT molecular complexity index is 1210. The van der Waals surface area contributed by atoms with Crippen LogP contribution >= 0.6 is 0 Å². The number of halogens is 1. The zero-order valence-corrected chi connectivity index (χ0v) is 17.7. The highest BCUT2D eigenvalue weighted by Crippen LogP contribution is 2.25. The summed E-state index contributed by atoms with van der Waals surface area (Å²) in [4.78, 5) is 35.1. The van der Waals surface area contributed by atoms with Gasteiger partial charge in [0.1, 0.15) is 17.2 Å². The Morgan fingerprint density at radius 2 is 1.03 bits per heavy atom. The third kappa shape index (κ3) is 6.24. The van der Waals surface area contributed by atoms with Gasteiger partial charge >= 0.3 is 17.9 Å². The molecule has 3 aromatic rings. The van der Waals surface area contributed by atoms with E-state index in [-0.39, 0.29) is 11.3 Å². The lowest BCUT2D eigenvalue weighted by Gasteiger charge is -2.08. The molecule has 0 aliphatic carbocycles. The Kier molecular flexibility index (Phi) is 7.15. The van der Waals surface area contributed by atoms with Crippen molar-refractivity contribution in [1.29, 1.82) is 0 Å². The van der Waals surface area contributed by atoms with Crippen LogP contribution < -0.4 is 14.2 Å². The number of hydrogen-bond acceptors (Lipinski definition) is 6. The fourth-order valence-electron chi connectivity index (χ4n) is 2.61. The van der Waals surface area contributed by atoms with E-state index in [1.165, 1.54) is 24.3 Å². The second-order valence-electron chi connectivity index (χ2n) is 6.93. The van der Waals surface area contributed by atoms with Crippen molar-refractivity contribution in [3.05, 3.63) is 103 Å². The summed E-state index contributed by atoms with van der Waals surface area (Å²) in [7, 11) is 0. The maximum atomic E-state index is 12.7. The van der Waals surface area contributed by atoms with E-state index < -0.39 is 23.7 Å². The number of benzene rings is 3. The standard InChI is InChI=1S/C26H19FO6/c1-16(2)24(28)31-21-10-4-18(5-11-21)19-6-12-23(13-7-19)33-26(30)20-8-14-22(15-9-20)32-25(29)17(3)27/h4-15H,1,3H2,2H3. The van der Waals surface area contributed by atoms with Crippen molar-refractivity contribution in [3.63, 3.8) is 0 Å². The molecule has 33 heavy (non-hydrogen) atoms. The summed E-state index contributed by atoms with van der Waals surface area (Å²) in [5, 5.41) is 0. The molecule has 0 amide bonds. The normalized spacial score (nSPS) is 10.1. The molecule has 7 heteroatoms. The number of rotatable bonds is 7. The van der Waals surface area contributed by atoms with Crippen LogP contribution in [0.4, 0.5) is 4.39 Å². The second kappa shape index (κ2) is 10.2. The van der Waals surface area contributed by atoms with Crippen LogP contribution in [0.1, 0.15) is 17.3 Å². The Morgan fingerprint density at radius 3 is 1.45 bits per heavy atom. The lowest BCUT2D eigenvalue weighted by atomic mass is 10.1. The van der Waals surface area contributed by atoms with Gasteiger partial charge in [-0.05, 0) is 66.6 Å². The van der Waals surface area contributed by atoms with E-state index in [4.69, 9.17) is 14.2 Å². The van der Waals surface area contributed by atoms with Gasteiger partial charge in [0.25, 0.3) is 0 Å². The summed E-state index contributed by atoms with van der Waals surface area (Å²) in [5.74, 6) is -2.71. The summed E-state index contributed by atoms with van der Waals surface area (Å²) < 4.78 is 27.9. The van der Waals surface area contributed by atoms with Gasteiger partial charge in [-0.2, -0.15) is 4.39 Å². The topological polar surface area (TPSA) is 78.9 Å². The molecule has 0 bridgehead atoms. The van der Waals surface area contributed by atoms with Crippen molar-refractivity contribution in [2.75, 3.05) is 0 Å². The maximum absolute atomic E-state index is 12.7. The molecular formula is C26H19FO6. The Balaban J connectivity index is 1.61. The largest absolute Gasteiger partial charge is 0.423 e. The van der Waals surface area contributed by atoms with Crippen LogP contribution in [-0.2, 0) is 9.59 Å². The Labute approximate surface area is 189 Å². The minimum atomic E-state index is -1.22. The van der Waals surface area contributed by atoms with Gasteiger partial charge in [-0.15, -0.1) is 0 Å². The highest BCUT2D eigenvalue weighted by molar-refractivity contribution is 5.92. The van der Waals surface area contributed by atoms with Crippen LogP contribution in [0.15, 0.2) is 97.4 Å². The molecule has 0 unspecified atom stereocenters. The van der Waals surface area contributed by atoms with Crippen molar-refractivity contribution in [2.24, 2.45) is 0 Å². The van der Waals surface area contributed by atoms with Crippen molar-refractivity contribution >= 4 is 17.9 Å². The maximum Gasteiger partial charge on any atom is 0.371 e. The van der Waals surface area contributed by atoms with E-state index in [1.807, 2.05) is 0 Å². The van der Waals surface area contributed by atoms with Crippen molar-refractivity contribution in [3.8, 4) is 28.4 Å². The number of ether oxygens (including phenoxy) is 3. The molecule has 0 spiro atoms. The van der Waals surface area contributed by atoms with Crippen LogP contribution in [0.25, 0.3) is 11.1 Å². The van der Waals surface area contributed by atoms with Crippen LogP contribution in [0.2, 0.25) is 0 Å². The zero-order valence-electron chi connectivity index (χ0n) is 17.7. The van der Waals surface area contributed by atoms with E-state index in [0.717, 1.165) is 11.1 Å². The molecule has 166 valence electrons. The molecule has 0 atom stereocenters. The Morgan fingerprint density at radius 1 is 0.636 bits per heavy atom. The quantitative estimate of drug-likeness (QED) is 0.273. The lowest BCUT2D eigenvalue weighted by Crippen LogP contribution is -2.10. The van der Waals surface area contributed by atoms with Gasteiger partial charge < -0.3 is 14.2 Å². The van der Waals surface area contributed by atoms with Gasteiger partial charge in [0.05, 0.1) is 5.56 Å². The SMILES string of the molecule is C=C(C)C(=O)Oc1ccc(-c2ccc(OC(=O)c3ccc(OC(=O)C(=C)F)cc3)cc2)cc1. The van der Waals surface area contributed by atoms with Crippen molar-refractivity contribution in [2.45, 2.75) is 6.92 Å². The number of hydrogen-bond donors (Lipinski definition) is 0. The van der Waals surface area contributed by atoms with Gasteiger partial charge in [-0.3, -0.25) is 0 Å². The van der Waals surface area contributed by atoms with E-state index in [9.17, 15) is 18.8 Å². The van der Waals surface area contributed by atoms with Crippen LogP contribution in [0, 0.1) is 0 Å². The highest BCUT2D eigenvalue weighted by Gasteiger charge is 2.12. The van der Waals surface area contributed by atoms with E-state index in [2.05, 4.69) is 13.2 Å². The summed E-state index contributed by atoms with van der Waals surface area (Å²) in [6.07, 6.45) is 0. The molecule has 0 N–H and O–H groups in total. The molecule has 0 saturated carbocycles. The summed E-state index contributed by atoms with van der Waals surface area (Å²) in [5.41, 5.74) is 2.28. The number of esters is 3. The summed E-state index contributed by atoms with van der Waals surface area (Å²) in [6.45, 7) is 7.97. The molecule has 0 aliphatic rings. The zero-order chi connectivity index (χ0) is 24.0. The van der Waals surface area contributed by atoms with Gasteiger partial charge in [0, 0.05) is 5.57 Å². The van der Waals surface area contributed by atoms with Crippen molar-refractivity contribution in [1.82, 2.24) is 0 Å². The fraction of sp³-hybridized carbons (Fsp3) is 0.0385. The molecule has 0 aromatic heterocycles. The van der Waals surface area contributed by atoms with E-state index in [0.29, 0.717) is 17.1 Å². The van der Waals surface area contributed by atoms with Gasteiger partial charge in [-0.1, -0.05) is 37.4 Å². The average molecular weight is 446 g/mol. The van der Waals surface area contributed by atoms with Crippen molar-refractivity contribution < 1.29 is 33.0 Å². The number of carbonyl (C=O) groups is 3. The van der Waals surface area contributed by atoms with Crippen LogP contribution in [0.3, 0.4) is 0 Å². The van der Waals surface area contributed by atoms with E-state index in [1.54, 1.807) is 55.5 Å². The molecule has 0 saturated heterocycles. The first-order valence-corrected chi connectivity index (χ1v) is 9.70. The molecule has 3 aromatic carbocycles. The smallest absolute Gasteiger partial charge is 0.371 e. The number of carbonyl (C=O) groups excluding carboxylic acids is 3. The molecule has 3 rings (SSSR count). The summed E-state index contributed by atoms with van der Waals surface area (Å²) >= 11 is 0. The molecule has 6 nitrogen and oxygen atoms in total. The van der Waals surface area contributed by atoms with Crippen LogP contribution in [0.5, 0.6) is 17.2 Å². The van der Waals surface area contributed by atoms with Crippen LogP contribution in [-0.4, -0.2) is 17.9 Å². The average Bonchev–Trinajstić information content (AvgIpc) is 2.80. The second-order valence-corrected chi connectivity index (χ2v) is 6.93. The molecule has 0 radical (unpaired) electrons. The van der Waals surface area contributed by atoms with Gasteiger partial charge in [-0.25, -0.2) is 14.4 Å². The van der Waals surface area contributed by atoms with Gasteiger partial charge in [0.2, 0.25) is 5.83 Å². The van der Waals surface area contributed by atoms with E-state index >= 15 is 0 Å². The monoisotopic (exact) mass is 446 g/mol. The molecule has 0 fully saturated rings. The predicted octanol–water partition coefficient (Wildman–Crippen LogP) is 5.44. The first-order chi connectivity index (χ1) is 15.7. The molecular weight excluding hydrogens is 427 g/mol. The minimum Gasteiger partial charge on any atom is -0.423 e. The first-order valence-electron chi connectivity index (χ1n) is 9.70. The fourth-order valence-corrected chi connectivity index (χ4v) is 2.61. The first kappa shape index (κ1) is 23.1. The summed E-state index contributed by atoms with van der Waals surface area (Å²) in [6, 6.07) is 19.3. The minimum absolute atomic E-state index is 0.0696. The predicted molar refractivity (Wildman–Crippen MR) is 120 cm³/mol. The molecule has 0 aliphatic heterocycles.